The number of aromatic nitrogens is 1. The molecule has 3 aliphatic rings. The Morgan fingerprint density at radius 1 is 1.44 bits per heavy atom. The predicted octanol–water partition coefficient (Wildman–Crippen LogP) is 3.12. The summed E-state index contributed by atoms with van der Waals surface area (Å²) >= 11 is 1.78. The van der Waals surface area contributed by atoms with Crippen LogP contribution in [0.4, 0.5) is 0 Å². The molecule has 0 bridgehead atoms. The highest BCUT2D eigenvalue weighted by Gasteiger charge is 2.65. The number of thiazole rings is 1. The molecule has 3 fully saturated rings. The van der Waals surface area contributed by atoms with Gasteiger partial charge in [0.1, 0.15) is 0 Å². The van der Waals surface area contributed by atoms with Gasteiger partial charge in [-0.15, -0.1) is 35.3 Å². The summed E-state index contributed by atoms with van der Waals surface area (Å²) in [6.45, 7) is 3.91. The number of hydrogen-bond donors (Lipinski definition) is 2. The summed E-state index contributed by atoms with van der Waals surface area (Å²) < 4.78 is 6.07. The Kier molecular flexibility index (Phi) is 6.26. The molecule has 3 unspecified atom stereocenters. The topological polar surface area (TPSA) is 58.5 Å². The highest BCUT2D eigenvalue weighted by Crippen LogP contribution is 2.60. The van der Waals surface area contributed by atoms with Gasteiger partial charge in [0.15, 0.2) is 5.96 Å². The SMILES string of the molecule is CN=C(NCCc1ncc(C)s1)NC1C2CCOC2C12CCCC2.I. The van der Waals surface area contributed by atoms with Crippen molar-refractivity contribution in [1.29, 1.82) is 0 Å². The fourth-order valence-electron chi connectivity index (χ4n) is 5.05. The number of halogens is 1. The maximum atomic E-state index is 6.07. The van der Waals surface area contributed by atoms with Crippen LogP contribution in [0.25, 0.3) is 0 Å². The van der Waals surface area contributed by atoms with Gasteiger partial charge in [0.2, 0.25) is 0 Å². The molecule has 5 nitrogen and oxygen atoms in total. The molecule has 3 atom stereocenters. The number of hydrogen-bond acceptors (Lipinski definition) is 4. The molecule has 2 aliphatic carbocycles. The standard InChI is InChI=1S/C18H28N4OS.HI/c1-12-11-21-14(24-12)5-9-20-17(19-2)22-15-13-6-10-23-16(13)18(15)7-3-4-8-18;/h11,13,15-16H,3-10H2,1-2H3,(H2,19,20,22);1H. The Hall–Kier alpha value is -0.410. The third kappa shape index (κ3) is 3.56. The molecule has 0 aromatic carbocycles. The van der Waals surface area contributed by atoms with Gasteiger partial charge in [0.05, 0.1) is 11.1 Å². The summed E-state index contributed by atoms with van der Waals surface area (Å²) in [5.74, 6) is 1.60. The number of aryl methyl sites for hydroxylation is 1. The number of fused-ring (bicyclic) bond motifs is 2. The summed E-state index contributed by atoms with van der Waals surface area (Å²) in [7, 11) is 1.87. The first-order chi connectivity index (χ1) is 11.7. The van der Waals surface area contributed by atoms with Gasteiger partial charge in [-0.2, -0.15) is 0 Å². The molecule has 7 heteroatoms. The first kappa shape index (κ1) is 19.4. The van der Waals surface area contributed by atoms with Gasteiger partial charge in [-0.05, 0) is 26.2 Å². The zero-order valence-corrected chi connectivity index (χ0v) is 18.2. The largest absolute Gasteiger partial charge is 0.377 e. The molecular weight excluding hydrogens is 447 g/mol. The van der Waals surface area contributed by atoms with Gasteiger partial charge in [-0.3, -0.25) is 4.99 Å². The second-order valence-corrected chi connectivity index (χ2v) is 8.74. The van der Waals surface area contributed by atoms with Crippen molar-refractivity contribution in [3.05, 3.63) is 16.1 Å². The number of aliphatic imine (C=N–C) groups is 1. The minimum atomic E-state index is 0. The Morgan fingerprint density at radius 3 is 2.92 bits per heavy atom. The first-order valence-electron chi connectivity index (χ1n) is 9.23. The summed E-state index contributed by atoms with van der Waals surface area (Å²) in [6.07, 6.45) is 9.90. The molecule has 1 spiro atoms. The van der Waals surface area contributed by atoms with E-state index in [0.717, 1.165) is 25.5 Å². The van der Waals surface area contributed by atoms with E-state index in [1.54, 1.807) is 11.3 Å². The number of rotatable bonds is 4. The van der Waals surface area contributed by atoms with Crippen LogP contribution in [0.1, 0.15) is 42.0 Å². The van der Waals surface area contributed by atoms with Crippen LogP contribution >= 0.6 is 35.3 Å². The average molecular weight is 476 g/mol. The lowest BCUT2D eigenvalue weighted by molar-refractivity contribution is -0.125. The molecule has 1 aromatic rings. The second kappa shape index (κ2) is 8.08. The van der Waals surface area contributed by atoms with Crippen LogP contribution in [0.2, 0.25) is 0 Å². The van der Waals surface area contributed by atoms with Crippen LogP contribution in [-0.4, -0.2) is 43.3 Å². The second-order valence-electron chi connectivity index (χ2n) is 7.42. The summed E-state index contributed by atoms with van der Waals surface area (Å²) in [4.78, 5) is 10.2. The number of nitrogens with zero attached hydrogens (tertiary/aromatic N) is 2. The van der Waals surface area contributed by atoms with E-state index in [-0.39, 0.29) is 24.0 Å². The van der Waals surface area contributed by atoms with Crippen molar-refractivity contribution in [3.8, 4) is 0 Å². The van der Waals surface area contributed by atoms with E-state index in [0.29, 0.717) is 23.5 Å². The van der Waals surface area contributed by atoms with Crippen molar-refractivity contribution in [3.63, 3.8) is 0 Å². The maximum absolute atomic E-state index is 6.07. The minimum absolute atomic E-state index is 0. The van der Waals surface area contributed by atoms with Crippen molar-refractivity contribution < 1.29 is 4.74 Å². The van der Waals surface area contributed by atoms with Crippen LogP contribution in [0, 0.1) is 18.3 Å². The normalized spacial score (nSPS) is 29.8. The lowest BCUT2D eigenvalue weighted by atomic mass is 9.54. The predicted molar refractivity (Wildman–Crippen MR) is 113 cm³/mol. The lowest BCUT2D eigenvalue weighted by Crippen LogP contribution is -2.69. The van der Waals surface area contributed by atoms with E-state index in [4.69, 9.17) is 4.74 Å². The molecule has 140 valence electrons. The van der Waals surface area contributed by atoms with Crippen LogP contribution in [0.5, 0.6) is 0 Å². The molecule has 1 aliphatic heterocycles. The van der Waals surface area contributed by atoms with Crippen LogP contribution in [-0.2, 0) is 11.2 Å². The Labute approximate surface area is 171 Å². The summed E-state index contributed by atoms with van der Waals surface area (Å²) in [6, 6.07) is 0.529. The summed E-state index contributed by atoms with van der Waals surface area (Å²) in [5.41, 5.74) is 0.366. The fourth-order valence-corrected chi connectivity index (χ4v) is 5.84. The van der Waals surface area contributed by atoms with Gasteiger partial charge in [-0.25, -0.2) is 4.98 Å². The highest BCUT2D eigenvalue weighted by molar-refractivity contribution is 14.0. The smallest absolute Gasteiger partial charge is 0.191 e. The monoisotopic (exact) mass is 476 g/mol. The van der Waals surface area contributed by atoms with E-state index in [1.165, 1.54) is 42.0 Å². The number of guanidine groups is 1. The van der Waals surface area contributed by atoms with E-state index in [9.17, 15) is 0 Å². The van der Waals surface area contributed by atoms with Crippen molar-refractivity contribution in [2.24, 2.45) is 16.3 Å². The Bertz CT molecular complexity index is 614. The Balaban J connectivity index is 0.00000182. The van der Waals surface area contributed by atoms with Gasteiger partial charge in [0.25, 0.3) is 0 Å². The van der Waals surface area contributed by atoms with E-state index in [1.807, 2.05) is 13.2 Å². The number of ether oxygens (including phenoxy) is 1. The quantitative estimate of drug-likeness (QED) is 0.399. The van der Waals surface area contributed by atoms with Crippen molar-refractivity contribution in [1.82, 2.24) is 15.6 Å². The number of nitrogens with one attached hydrogen (secondary N) is 2. The Morgan fingerprint density at radius 2 is 2.24 bits per heavy atom. The van der Waals surface area contributed by atoms with Gasteiger partial charge in [-0.1, -0.05) is 12.8 Å². The maximum Gasteiger partial charge on any atom is 0.191 e. The van der Waals surface area contributed by atoms with Crippen LogP contribution in [0.15, 0.2) is 11.2 Å². The van der Waals surface area contributed by atoms with E-state index in [2.05, 4.69) is 27.5 Å². The van der Waals surface area contributed by atoms with Gasteiger partial charge in [0, 0.05) is 55.1 Å². The molecule has 1 saturated heterocycles. The molecule has 25 heavy (non-hydrogen) atoms. The molecular formula is C18H29IN4OS. The first-order valence-corrected chi connectivity index (χ1v) is 10.0. The minimum Gasteiger partial charge on any atom is -0.377 e. The van der Waals surface area contributed by atoms with Gasteiger partial charge < -0.3 is 15.4 Å². The fraction of sp³-hybridized carbons (Fsp3) is 0.778. The summed E-state index contributed by atoms with van der Waals surface area (Å²) in [5, 5.41) is 8.41. The third-order valence-corrected chi connectivity index (χ3v) is 7.07. The van der Waals surface area contributed by atoms with E-state index >= 15 is 0 Å². The van der Waals surface area contributed by atoms with Crippen molar-refractivity contribution in [2.75, 3.05) is 20.2 Å². The van der Waals surface area contributed by atoms with Crippen LogP contribution < -0.4 is 10.6 Å². The van der Waals surface area contributed by atoms with Gasteiger partial charge >= 0.3 is 0 Å². The van der Waals surface area contributed by atoms with Crippen LogP contribution in [0.3, 0.4) is 0 Å². The van der Waals surface area contributed by atoms with E-state index < -0.39 is 0 Å². The molecule has 2 heterocycles. The van der Waals surface area contributed by atoms with Crippen molar-refractivity contribution >= 4 is 41.3 Å². The third-order valence-electron chi connectivity index (χ3n) is 6.10. The average Bonchev–Trinajstić information content (AvgIpc) is 3.30. The zero-order chi connectivity index (χ0) is 16.6. The molecule has 1 aromatic heterocycles. The molecule has 0 radical (unpaired) electrons. The molecule has 4 rings (SSSR count). The van der Waals surface area contributed by atoms with Crippen molar-refractivity contribution in [2.45, 2.75) is 57.6 Å². The molecule has 0 amide bonds. The molecule has 2 N–H and O–H groups in total. The highest BCUT2D eigenvalue weighted by atomic mass is 127. The lowest BCUT2D eigenvalue weighted by Gasteiger charge is -2.57. The molecule has 2 saturated carbocycles. The zero-order valence-electron chi connectivity index (χ0n) is 15.1.